The SMILES string of the molecule is CNC(c1ccoc1)c1cc(C)c(Br)s1. The molecule has 1 N–H and O–H groups in total. The van der Waals surface area contributed by atoms with Gasteiger partial charge in [-0.25, -0.2) is 0 Å². The van der Waals surface area contributed by atoms with E-state index in [1.165, 1.54) is 14.2 Å². The van der Waals surface area contributed by atoms with Gasteiger partial charge >= 0.3 is 0 Å². The first kappa shape index (κ1) is 10.9. The second-order valence-electron chi connectivity index (χ2n) is 3.38. The Morgan fingerprint density at radius 2 is 2.33 bits per heavy atom. The Morgan fingerprint density at radius 1 is 1.53 bits per heavy atom. The highest BCUT2D eigenvalue weighted by Gasteiger charge is 2.16. The van der Waals surface area contributed by atoms with Gasteiger partial charge in [-0.15, -0.1) is 11.3 Å². The molecule has 4 heteroatoms. The predicted octanol–water partition coefficient (Wildman–Crippen LogP) is 3.72. The van der Waals surface area contributed by atoms with E-state index in [0.717, 1.165) is 5.56 Å². The predicted molar refractivity (Wildman–Crippen MR) is 66.4 cm³/mol. The van der Waals surface area contributed by atoms with Crippen LogP contribution in [0.4, 0.5) is 0 Å². The lowest BCUT2D eigenvalue weighted by Gasteiger charge is -2.11. The summed E-state index contributed by atoms with van der Waals surface area (Å²) in [5.41, 5.74) is 2.44. The van der Waals surface area contributed by atoms with Crippen LogP contribution in [0.3, 0.4) is 0 Å². The fourth-order valence-corrected chi connectivity index (χ4v) is 3.25. The molecule has 0 saturated heterocycles. The first-order valence-electron chi connectivity index (χ1n) is 4.67. The van der Waals surface area contributed by atoms with E-state index in [0.29, 0.717) is 0 Å². The summed E-state index contributed by atoms with van der Waals surface area (Å²) in [6.45, 7) is 2.10. The van der Waals surface area contributed by atoms with Crippen LogP contribution in [0, 0.1) is 6.92 Å². The summed E-state index contributed by atoms with van der Waals surface area (Å²) >= 11 is 5.30. The third-order valence-electron chi connectivity index (χ3n) is 2.33. The summed E-state index contributed by atoms with van der Waals surface area (Å²) in [4.78, 5) is 1.29. The lowest BCUT2D eigenvalue weighted by atomic mass is 10.1. The van der Waals surface area contributed by atoms with Gasteiger partial charge in [-0.2, -0.15) is 0 Å². The standard InChI is InChI=1S/C11H12BrNOS/c1-7-5-9(15-11(7)12)10(13-2)8-3-4-14-6-8/h3-6,10,13H,1-2H3. The van der Waals surface area contributed by atoms with Gasteiger partial charge in [0.05, 0.1) is 22.4 Å². The van der Waals surface area contributed by atoms with Gasteiger partial charge in [0.15, 0.2) is 0 Å². The molecule has 0 aliphatic carbocycles. The van der Waals surface area contributed by atoms with Crippen LogP contribution in [0.25, 0.3) is 0 Å². The molecule has 2 rings (SSSR count). The molecule has 2 aromatic rings. The molecule has 1 atom stereocenters. The molecule has 80 valence electrons. The van der Waals surface area contributed by atoms with Gasteiger partial charge in [0, 0.05) is 10.4 Å². The number of furan rings is 1. The molecule has 0 saturated carbocycles. The number of rotatable bonds is 3. The van der Waals surface area contributed by atoms with E-state index >= 15 is 0 Å². The van der Waals surface area contributed by atoms with E-state index in [4.69, 9.17) is 4.42 Å². The summed E-state index contributed by atoms with van der Waals surface area (Å²) in [6.07, 6.45) is 3.49. The van der Waals surface area contributed by atoms with E-state index < -0.39 is 0 Å². The van der Waals surface area contributed by atoms with Crippen molar-refractivity contribution in [2.45, 2.75) is 13.0 Å². The third kappa shape index (κ3) is 2.17. The zero-order valence-corrected chi connectivity index (χ0v) is 11.0. The highest BCUT2D eigenvalue weighted by molar-refractivity contribution is 9.11. The fraction of sp³-hybridized carbons (Fsp3) is 0.273. The largest absolute Gasteiger partial charge is 0.472 e. The van der Waals surface area contributed by atoms with Gasteiger partial charge in [-0.1, -0.05) is 0 Å². The molecular weight excluding hydrogens is 274 g/mol. The Morgan fingerprint density at radius 3 is 2.80 bits per heavy atom. The quantitative estimate of drug-likeness (QED) is 0.930. The fourth-order valence-electron chi connectivity index (χ4n) is 1.54. The summed E-state index contributed by atoms with van der Waals surface area (Å²) in [5, 5.41) is 3.29. The van der Waals surface area contributed by atoms with E-state index in [9.17, 15) is 0 Å². The molecule has 1 unspecified atom stereocenters. The molecule has 0 aliphatic heterocycles. The topological polar surface area (TPSA) is 25.2 Å². The molecule has 2 nitrogen and oxygen atoms in total. The van der Waals surface area contributed by atoms with Crippen LogP contribution in [0.5, 0.6) is 0 Å². The molecule has 0 fully saturated rings. The van der Waals surface area contributed by atoms with E-state index in [1.807, 2.05) is 13.1 Å². The number of hydrogen-bond donors (Lipinski definition) is 1. The molecular formula is C11H12BrNOS. The van der Waals surface area contributed by atoms with E-state index in [-0.39, 0.29) is 6.04 Å². The highest BCUT2D eigenvalue weighted by atomic mass is 79.9. The minimum Gasteiger partial charge on any atom is -0.472 e. The minimum absolute atomic E-state index is 0.221. The minimum atomic E-state index is 0.221. The first-order valence-corrected chi connectivity index (χ1v) is 6.28. The normalized spacial score (nSPS) is 13.0. The van der Waals surface area contributed by atoms with Crippen LogP contribution in [0.15, 0.2) is 32.9 Å². The van der Waals surface area contributed by atoms with Gasteiger partial charge < -0.3 is 9.73 Å². The van der Waals surface area contributed by atoms with Gasteiger partial charge in [-0.3, -0.25) is 0 Å². The molecule has 0 radical (unpaired) electrons. The zero-order chi connectivity index (χ0) is 10.8. The first-order chi connectivity index (χ1) is 7.22. The molecule has 2 aromatic heterocycles. The van der Waals surface area contributed by atoms with Gasteiger partial charge in [-0.05, 0) is 47.6 Å². The van der Waals surface area contributed by atoms with Crippen molar-refractivity contribution >= 4 is 27.3 Å². The van der Waals surface area contributed by atoms with Crippen LogP contribution >= 0.6 is 27.3 Å². The Balaban J connectivity index is 2.35. The molecule has 0 aliphatic rings. The zero-order valence-electron chi connectivity index (χ0n) is 8.58. The van der Waals surface area contributed by atoms with Crippen LogP contribution in [-0.2, 0) is 0 Å². The Bertz CT molecular complexity index is 416. The second kappa shape index (κ2) is 4.51. The highest BCUT2D eigenvalue weighted by Crippen LogP contribution is 2.34. The molecule has 0 spiro atoms. The van der Waals surface area contributed by atoms with Crippen molar-refractivity contribution < 1.29 is 4.42 Å². The summed E-state index contributed by atoms with van der Waals surface area (Å²) in [6, 6.07) is 4.41. The van der Waals surface area contributed by atoms with Crippen molar-refractivity contribution in [2.75, 3.05) is 7.05 Å². The van der Waals surface area contributed by atoms with Crippen LogP contribution in [0.1, 0.15) is 22.0 Å². The second-order valence-corrected chi connectivity index (χ2v) is 5.79. The van der Waals surface area contributed by atoms with Crippen molar-refractivity contribution in [1.29, 1.82) is 0 Å². The van der Waals surface area contributed by atoms with Gasteiger partial charge in [0.2, 0.25) is 0 Å². The maximum absolute atomic E-state index is 5.11. The maximum atomic E-state index is 5.11. The van der Waals surface area contributed by atoms with Crippen molar-refractivity contribution in [3.63, 3.8) is 0 Å². The lowest BCUT2D eigenvalue weighted by molar-refractivity contribution is 0.558. The molecule has 0 amide bonds. The smallest absolute Gasteiger partial charge is 0.0954 e. The van der Waals surface area contributed by atoms with Crippen molar-refractivity contribution in [1.82, 2.24) is 5.32 Å². The number of hydrogen-bond acceptors (Lipinski definition) is 3. The van der Waals surface area contributed by atoms with Crippen LogP contribution in [0.2, 0.25) is 0 Å². The Labute approximate surface area is 101 Å². The number of aryl methyl sites for hydroxylation is 1. The molecule has 2 heterocycles. The summed E-state index contributed by atoms with van der Waals surface area (Å²) in [5.74, 6) is 0. The summed E-state index contributed by atoms with van der Waals surface area (Å²) < 4.78 is 6.30. The molecule has 0 aromatic carbocycles. The number of nitrogens with one attached hydrogen (secondary N) is 1. The average Bonchev–Trinajstić information content (AvgIpc) is 2.80. The maximum Gasteiger partial charge on any atom is 0.0954 e. The van der Waals surface area contributed by atoms with Crippen LogP contribution < -0.4 is 5.32 Å². The van der Waals surface area contributed by atoms with E-state index in [2.05, 4.69) is 34.2 Å². The van der Waals surface area contributed by atoms with Gasteiger partial charge in [0.25, 0.3) is 0 Å². The van der Waals surface area contributed by atoms with Crippen molar-refractivity contribution in [3.8, 4) is 0 Å². The van der Waals surface area contributed by atoms with Crippen LogP contribution in [-0.4, -0.2) is 7.05 Å². The molecule has 15 heavy (non-hydrogen) atoms. The molecule has 0 bridgehead atoms. The lowest BCUT2D eigenvalue weighted by Crippen LogP contribution is -2.15. The Hall–Kier alpha value is -0.580. The summed E-state index contributed by atoms with van der Waals surface area (Å²) in [7, 11) is 1.96. The number of thiophene rings is 1. The monoisotopic (exact) mass is 285 g/mol. The van der Waals surface area contributed by atoms with E-state index in [1.54, 1.807) is 23.9 Å². The average molecular weight is 286 g/mol. The number of halogens is 1. The Kier molecular flexibility index (Phi) is 3.29. The van der Waals surface area contributed by atoms with Crippen molar-refractivity contribution in [3.05, 3.63) is 44.4 Å². The third-order valence-corrected chi connectivity index (χ3v) is 4.53. The van der Waals surface area contributed by atoms with Crippen molar-refractivity contribution in [2.24, 2.45) is 0 Å². The van der Waals surface area contributed by atoms with Gasteiger partial charge in [0.1, 0.15) is 0 Å².